The summed E-state index contributed by atoms with van der Waals surface area (Å²) in [5.74, 6) is 0. The molecular weight excluding hydrogens is 331 g/mol. The average molecular weight is 341 g/mol. The molecule has 0 spiro atoms. The highest BCUT2D eigenvalue weighted by molar-refractivity contribution is 6.32. The van der Waals surface area contributed by atoms with Crippen LogP contribution in [0.1, 0.15) is 0 Å². The third kappa shape index (κ3) is 2.46. The van der Waals surface area contributed by atoms with Crippen molar-refractivity contribution in [1.29, 1.82) is 0 Å². The van der Waals surface area contributed by atoms with E-state index in [1.54, 1.807) is 10.9 Å². The molecular formula is C17H10Cl2N4. The molecule has 0 bridgehead atoms. The Morgan fingerprint density at radius 3 is 2.48 bits per heavy atom. The van der Waals surface area contributed by atoms with E-state index in [-0.39, 0.29) is 0 Å². The summed E-state index contributed by atoms with van der Waals surface area (Å²) < 4.78 is 1.74. The third-order valence-electron chi connectivity index (χ3n) is 3.55. The Bertz CT molecular complexity index is 993. The van der Waals surface area contributed by atoms with Crippen molar-refractivity contribution in [2.75, 3.05) is 0 Å². The lowest BCUT2D eigenvalue weighted by Gasteiger charge is -2.04. The first-order chi connectivity index (χ1) is 11.2. The van der Waals surface area contributed by atoms with Crippen LogP contribution in [0.5, 0.6) is 0 Å². The molecule has 0 amide bonds. The largest absolute Gasteiger partial charge is 0.244 e. The Hall–Kier alpha value is -2.43. The van der Waals surface area contributed by atoms with E-state index in [1.165, 1.54) is 6.33 Å². The molecule has 0 aliphatic heterocycles. The number of nitrogens with zero attached hydrogens (tertiary/aromatic N) is 4. The van der Waals surface area contributed by atoms with E-state index in [2.05, 4.69) is 9.97 Å². The summed E-state index contributed by atoms with van der Waals surface area (Å²) in [6.07, 6.45) is 3.26. The monoisotopic (exact) mass is 340 g/mol. The SMILES string of the molecule is Clc1ccc(-c2nn(-c3ccccc3Cl)c3ncncc23)cc1. The predicted molar refractivity (Wildman–Crippen MR) is 92.1 cm³/mol. The number of hydrogen-bond donors (Lipinski definition) is 0. The Morgan fingerprint density at radius 1 is 0.913 bits per heavy atom. The van der Waals surface area contributed by atoms with Crippen molar-refractivity contribution < 1.29 is 0 Å². The molecule has 4 nitrogen and oxygen atoms in total. The lowest BCUT2D eigenvalue weighted by atomic mass is 10.1. The smallest absolute Gasteiger partial charge is 0.166 e. The maximum atomic E-state index is 6.31. The molecule has 2 aromatic carbocycles. The van der Waals surface area contributed by atoms with E-state index < -0.39 is 0 Å². The maximum absolute atomic E-state index is 6.31. The van der Waals surface area contributed by atoms with Gasteiger partial charge in [-0.3, -0.25) is 0 Å². The highest BCUT2D eigenvalue weighted by Gasteiger charge is 2.16. The molecule has 0 aliphatic rings. The fraction of sp³-hybridized carbons (Fsp3) is 0. The number of hydrogen-bond acceptors (Lipinski definition) is 3. The standard InChI is InChI=1S/C17H10Cl2N4/c18-12-7-5-11(6-8-12)16-13-9-20-10-21-17(13)23(22-16)15-4-2-1-3-14(15)19/h1-10H. The van der Waals surface area contributed by atoms with Gasteiger partial charge < -0.3 is 0 Å². The van der Waals surface area contributed by atoms with Crippen LogP contribution in [0.25, 0.3) is 28.0 Å². The van der Waals surface area contributed by atoms with Crippen LogP contribution in [0.2, 0.25) is 10.0 Å². The second kappa shape index (κ2) is 5.65. The number of benzene rings is 2. The van der Waals surface area contributed by atoms with Crippen molar-refractivity contribution in [2.24, 2.45) is 0 Å². The number of rotatable bonds is 2. The Labute approximate surface area is 142 Å². The Morgan fingerprint density at radius 2 is 1.70 bits per heavy atom. The van der Waals surface area contributed by atoms with Crippen LogP contribution in [0.3, 0.4) is 0 Å². The van der Waals surface area contributed by atoms with Crippen molar-refractivity contribution in [2.45, 2.75) is 0 Å². The van der Waals surface area contributed by atoms with Crippen molar-refractivity contribution in [3.8, 4) is 16.9 Å². The van der Waals surface area contributed by atoms with Crippen LogP contribution in [-0.4, -0.2) is 19.7 Å². The number of para-hydroxylation sites is 1. The first-order valence-corrected chi connectivity index (χ1v) is 7.69. The first kappa shape index (κ1) is 14.2. The molecule has 4 rings (SSSR count). The van der Waals surface area contributed by atoms with Gasteiger partial charge in [-0.05, 0) is 24.3 Å². The minimum atomic E-state index is 0.609. The van der Waals surface area contributed by atoms with Gasteiger partial charge in [-0.25, -0.2) is 14.6 Å². The van der Waals surface area contributed by atoms with Crippen LogP contribution in [0, 0.1) is 0 Å². The number of aromatic nitrogens is 4. The molecule has 0 saturated carbocycles. The molecule has 112 valence electrons. The Balaban J connectivity index is 2.01. The predicted octanol–water partition coefficient (Wildman–Crippen LogP) is 4.79. The van der Waals surface area contributed by atoms with Gasteiger partial charge in [0.1, 0.15) is 12.0 Å². The zero-order valence-corrected chi connectivity index (χ0v) is 13.3. The number of fused-ring (bicyclic) bond motifs is 1. The van der Waals surface area contributed by atoms with Gasteiger partial charge in [0.25, 0.3) is 0 Å². The van der Waals surface area contributed by atoms with E-state index in [0.717, 1.165) is 22.3 Å². The lowest BCUT2D eigenvalue weighted by Crippen LogP contribution is -1.98. The summed E-state index contributed by atoms with van der Waals surface area (Å²) in [6.45, 7) is 0. The zero-order valence-electron chi connectivity index (χ0n) is 11.8. The molecule has 0 N–H and O–H groups in total. The lowest BCUT2D eigenvalue weighted by molar-refractivity contribution is 0.899. The van der Waals surface area contributed by atoms with E-state index in [9.17, 15) is 0 Å². The van der Waals surface area contributed by atoms with Crippen LogP contribution < -0.4 is 0 Å². The summed E-state index contributed by atoms with van der Waals surface area (Å²) in [6, 6.07) is 15.0. The van der Waals surface area contributed by atoms with E-state index in [0.29, 0.717) is 15.7 Å². The average Bonchev–Trinajstić information content (AvgIpc) is 2.96. The summed E-state index contributed by atoms with van der Waals surface area (Å²) in [7, 11) is 0. The molecule has 2 aromatic heterocycles. The van der Waals surface area contributed by atoms with Crippen molar-refractivity contribution >= 4 is 34.2 Å². The van der Waals surface area contributed by atoms with Gasteiger partial charge in [0.05, 0.1) is 16.1 Å². The second-order valence-corrected chi connectivity index (χ2v) is 5.82. The van der Waals surface area contributed by atoms with Crippen LogP contribution >= 0.6 is 23.2 Å². The maximum Gasteiger partial charge on any atom is 0.166 e. The minimum absolute atomic E-state index is 0.609. The van der Waals surface area contributed by atoms with Crippen LogP contribution in [0.15, 0.2) is 61.1 Å². The molecule has 0 fully saturated rings. The molecule has 0 saturated heterocycles. The van der Waals surface area contributed by atoms with Crippen LogP contribution in [0.4, 0.5) is 0 Å². The van der Waals surface area contributed by atoms with E-state index in [1.807, 2.05) is 48.5 Å². The van der Waals surface area contributed by atoms with E-state index >= 15 is 0 Å². The third-order valence-corrected chi connectivity index (χ3v) is 4.12. The topological polar surface area (TPSA) is 43.6 Å². The van der Waals surface area contributed by atoms with Gasteiger partial charge in [0, 0.05) is 16.8 Å². The summed E-state index contributed by atoms with van der Waals surface area (Å²) >= 11 is 12.3. The van der Waals surface area contributed by atoms with Crippen molar-refractivity contribution in [1.82, 2.24) is 19.7 Å². The van der Waals surface area contributed by atoms with Gasteiger partial charge in [0.15, 0.2) is 5.65 Å². The van der Waals surface area contributed by atoms with Crippen molar-refractivity contribution in [3.05, 3.63) is 71.1 Å². The molecule has 23 heavy (non-hydrogen) atoms. The molecule has 2 heterocycles. The molecule has 4 aromatic rings. The fourth-order valence-electron chi connectivity index (χ4n) is 2.47. The summed E-state index contributed by atoms with van der Waals surface area (Å²) in [5.41, 5.74) is 3.22. The molecule has 0 unspecified atom stereocenters. The summed E-state index contributed by atoms with van der Waals surface area (Å²) in [5, 5.41) is 6.85. The first-order valence-electron chi connectivity index (χ1n) is 6.93. The molecule has 0 radical (unpaired) electrons. The minimum Gasteiger partial charge on any atom is -0.244 e. The van der Waals surface area contributed by atoms with Gasteiger partial charge in [-0.15, -0.1) is 0 Å². The Kier molecular flexibility index (Phi) is 3.48. The van der Waals surface area contributed by atoms with Gasteiger partial charge >= 0.3 is 0 Å². The highest BCUT2D eigenvalue weighted by atomic mass is 35.5. The molecule has 0 aliphatic carbocycles. The quantitative estimate of drug-likeness (QED) is 0.527. The fourth-order valence-corrected chi connectivity index (χ4v) is 2.81. The second-order valence-electron chi connectivity index (χ2n) is 4.98. The van der Waals surface area contributed by atoms with Gasteiger partial charge in [-0.1, -0.05) is 47.5 Å². The zero-order chi connectivity index (χ0) is 15.8. The summed E-state index contributed by atoms with van der Waals surface area (Å²) in [4.78, 5) is 8.49. The van der Waals surface area contributed by atoms with Crippen molar-refractivity contribution in [3.63, 3.8) is 0 Å². The molecule has 6 heteroatoms. The molecule has 0 atom stereocenters. The van der Waals surface area contributed by atoms with E-state index in [4.69, 9.17) is 28.3 Å². The van der Waals surface area contributed by atoms with Gasteiger partial charge in [-0.2, -0.15) is 5.10 Å². The highest BCUT2D eigenvalue weighted by Crippen LogP contribution is 2.30. The van der Waals surface area contributed by atoms with Gasteiger partial charge in [0.2, 0.25) is 0 Å². The number of halogens is 2. The normalized spacial score (nSPS) is 11.0. The van der Waals surface area contributed by atoms with Crippen LogP contribution in [-0.2, 0) is 0 Å².